The minimum absolute atomic E-state index is 0.0400. The van der Waals surface area contributed by atoms with Crippen LogP contribution in [0, 0.1) is 0 Å². The number of benzene rings is 1. The summed E-state index contributed by atoms with van der Waals surface area (Å²) in [7, 11) is 0.178. The van der Waals surface area contributed by atoms with Crippen molar-refractivity contribution in [2.24, 2.45) is 0 Å². The molecular formula is C25H25ClN4O5S2. The lowest BCUT2D eigenvalue weighted by Crippen LogP contribution is -2.43. The first kappa shape index (κ1) is 26.9. The van der Waals surface area contributed by atoms with Gasteiger partial charge in [0.05, 0.1) is 10.8 Å². The summed E-state index contributed by atoms with van der Waals surface area (Å²) in [5.74, 6) is -1.89. The number of pyridine rings is 1. The number of amides is 2. The highest BCUT2D eigenvalue weighted by Gasteiger charge is 2.33. The van der Waals surface area contributed by atoms with Crippen LogP contribution in [0.1, 0.15) is 21.5 Å². The van der Waals surface area contributed by atoms with E-state index in [2.05, 4.69) is 10.3 Å². The molecule has 2 aromatic heterocycles. The van der Waals surface area contributed by atoms with Crippen LogP contribution in [0.4, 0.5) is 11.5 Å². The number of nitrogens with zero attached hydrogens (tertiary/aromatic N) is 3. The zero-order valence-electron chi connectivity index (χ0n) is 20.2. The summed E-state index contributed by atoms with van der Waals surface area (Å²) in [6.07, 6.45) is 1.27. The van der Waals surface area contributed by atoms with Gasteiger partial charge in [0.2, 0.25) is 5.91 Å². The summed E-state index contributed by atoms with van der Waals surface area (Å²) in [6, 6.07) is 11.2. The molecule has 9 nitrogen and oxygen atoms in total. The number of likely N-dealkylation sites (N-methyl/N-ethyl adjacent to an activating group) is 1. The summed E-state index contributed by atoms with van der Waals surface area (Å²) < 4.78 is 25.2. The highest BCUT2D eigenvalue weighted by molar-refractivity contribution is 7.94. The van der Waals surface area contributed by atoms with E-state index < -0.39 is 33.2 Å². The monoisotopic (exact) mass is 560 g/mol. The molecule has 0 saturated heterocycles. The van der Waals surface area contributed by atoms with Gasteiger partial charge in [-0.25, -0.2) is 18.3 Å². The van der Waals surface area contributed by atoms with Gasteiger partial charge in [-0.15, -0.1) is 11.3 Å². The molecule has 1 aromatic carbocycles. The van der Waals surface area contributed by atoms with E-state index in [1.807, 2.05) is 25.1 Å². The van der Waals surface area contributed by atoms with Crippen LogP contribution in [0.3, 0.4) is 0 Å². The molecule has 12 heteroatoms. The Morgan fingerprint density at radius 3 is 2.59 bits per heavy atom. The van der Waals surface area contributed by atoms with Gasteiger partial charge in [0.15, 0.2) is 15.6 Å². The van der Waals surface area contributed by atoms with Crippen LogP contribution in [0.5, 0.6) is 0 Å². The molecule has 1 aliphatic heterocycles. The minimum atomic E-state index is -3.78. The highest BCUT2D eigenvalue weighted by atomic mass is 35.5. The lowest BCUT2D eigenvalue weighted by Gasteiger charge is -2.26. The molecule has 0 bridgehead atoms. The molecule has 4 rings (SSSR count). The Labute approximate surface area is 224 Å². The number of fused-ring (bicyclic) bond motifs is 1. The number of Topliss-reactive ketones (excluding diaryl/α,β-unsaturated/α-hetero) is 1. The van der Waals surface area contributed by atoms with Gasteiger partial charge in [-0.1, -0.05) is 17.7 Å². The third kappa shape index (κ3) is 6.42. The van der Waals surface area contributed by atoms with Crippen molar-refractivity contribution in [1.29, 1.82) is 0 Å². The predicted octanol–water partition coefficient (Wildman–Crippen LogP) is 3.09. The van der Waals surface area contributed by atoms with E-state index in [1.54, 1.807) is 18.2 Å². The van der Waals surface area contributed by atoms with Crippen molar-refractivity contribution < 1.29 is 22.8 Å². The number of carbonyl (C=O) groups is 3. The zero-order valence-corrected chi connectivity index (χ0v) is 22.6. The lowest BCUT2D eigenvalue weighted by molar-refractivity contribution is -0.118. The molecule has 0 unspecified atom stereocenters. The molecular weight excluding hydrogens is 536 g/mol. The number of ketones is 1. The SMILES string of the molecule is CN(C)CCNc1ccc2c(c1)CC(=O)N(c1ccc(CC(=O)CS(=O)(=O)c3ccc(Cl)s3)cn1)C2=O. The maximum Gasteiger partial charge on any atom is 0.266 e. The number of hydrogen-bond donors (Lipinski definition) is 1. The number of rotatable bonds is 10. The average Bonchev–Trinajstić information content (AvgIpc) is 3.27. The number of nitrogens with one attached hydrogen (secondary N) is 1. The Balaban J connectivity index is 1.42. The first-order chi connectivity index (χ1) is 17.5. The Bertz CT molecular complexity index is 1450. The second-order valence-corrected chi connectivity index (χ2v) is 12.8. The molecule has 1 N–H and O–H groups in total. The summed E-state index contributed by atoms with van der Waals surface area (Å²) >= 11 is 6.70. The first-order valence-corrected chi connectivity index (χ1v) is 14.2. The minimum Gasteiger partial charge on any atom is -0.384 e. The Morgan fingerprint density at radius 1 is 1.16 bits per heavy atom. The molecule has 3 aromatic rings. The van der Waals surface area contributed by atoms with Gasteiger partial charge < -0.3 is 10.2 Å². The van der Waals surface area contributed by atoms with Gasteiger partial charge in [-0.05, 0) is 61.6 Å². The van der Waals surface area contributed by atoms with Crippen LogP contribution in [0.25, 0.3) is 0 Å². The number of sulfone groups is 1. The standard InChI is InChI=1S/C25H25ClN4O5S2/c1-29(2)10-9-27-18-4-5-20-17(12-18)13-23(32)30(25(20)33)22-7-3-16(14-28-22)11-19(31)15-37(34,35)24-8-6-21(26)36-24/h3-8,12,14,27H,9-11,13,15H2,1-2H3. The van der Waals surface area contributed by atoms with Gasteiger partial charge in [0.25, 0.3) is 5.91 Å². The summed E-state index contributed by atoms with van der Waals surface area (Å²) in [4.78, 5) is 45.6. The fourth-order valence-corrected chi connectivity index (χ4v) is 6.68. The zero-order chi connectivity index (χ0) is 26.7. The number of anilines is 2. The number of thiophene rings is 1. The Morgan fingerprint density at radius 2 is 1.95 bits per heavy atom. The van der Waals surface area contributed by atoms with E-state index in [0.717, 1.165) is 35.0 Å². The molecule has 2 amide bonds. The van der Waals surface area contributed by atoms with Gasteiger partial charge in [-0.2, -0.15) is 0 Å². The van der Waals surface area contributed by atoms with Crippen LogP contribution in [0.15, 0.2) is 52.9 Å². The number of hydrogen-bond acceptors (Lipinski definition) is 9. The smallest absolute Gasteiger partial charge is 0.266 e. The van der Waals surface area contributed by atoms with Crippen molar-refractivity contribution in [2.75, 3.05) is 43.2 Å². The van der Waals surface area contributed by atoms with E-state index >= 15 is 0 Å². The molecule has 0 spiro atoms. The summed E-state index contributed by atoms with van der Waals surface area (Å²) in [5.41, 5.74) is 2.39. The summed E-state index contributed by atoms with van der Waals surface area (Å²) in [5, 5.41) is 3.28. The van der Waals surface area contributed by atoms with Gasteiger partial charge in [0.1, 0.15) is 15.8 Å². The van der Waals surface area contributed by atoms with Crippen LogP contribution in [0.2, 0.25) is 4.34 Å². The molecule has 0 radical (unpaired) electrons. The molecule has 3 heterocycles. The Kier molecular flexibility index (Phi) is 8.08. The van der Waals surface area contributed by atoms with E-state index in [-0.39, 0.29) is 22.9 Å². The van der Waals surface area contributed by atoms with E-state index in [4.69, 9.17) is 11.6 Å². The van der Waals surface area contributed by atoms with Gasteiger partial charge >= 0.3 is 0 Å². The fraction of sp³-hybridized carbons (Fsp3) is 0.280. The molecule has 1 aliphatic rings. The van der Waals surface area contributed by atoms with Crippen molar-refractivity contribution in [1.82, 2.24) is 9.88 Å². The van der Waals surface area contributed by atoms with E-state index in [1.165, 1.54) is 24.4 Å². The maximum atomic E-state index is 13.1. The van der Waals surface area contributed by atoms with Gasteiger partial charge in [-0.3, -0.25) is 14.4 Å². The number of carbonyl (C=O) groups excluding carboxylic acids is 3. The van der Waals surface area contributed by atoms with Crippen LogP contribution in [-0.4, -0.2) is 68.8 Å². The molecule has 194 valence electrons. The van der Waals surface area contributed by atoms with Crippen molar-refractivity contribution in [3.63, 3.8) is 0 Å². The third-order valence-electron chi connectivity index (χ3n) is 5.66. The molecule has 0 fully saturated rings. The largest absolute Gasteiger partial charge is 0.384 e. The fourth-order valence-electron chi connectivity index (χ4n) is 3.87. The maximum absolute atomic E-state index is 13.1. The number of imide groups is 1. The van der Waals surface area contributed by atoms with E-state index in [0.29, 0.717) is 21.0 Å². The first-order valence-electron chi connectivity index (χ1n) is 11.4. The number of aromatic nitrogens is 1. The second kappa shape index (κ2) is 11.1. The normalized spacial score (nSPS) is 13.7. The van der Waals surface area contributed by atoms with Crippen molar-refractivity contribution in [3.05, 3.63) is 69.7 Å². The molecule has 0 aliphatic carbocycles. The van der Waals surface area contributed by atoms with Crippen molar-refractivity contribution in [3.8, 4) is 0 Å². The van der Waals surface area contributed by atoms with Crippen LogP contribution in [-0.2, 0) is 32.3 Å². The van der Waals surface area contributed by atoms with Gasteiger partial charge in [0, 0.05) is 37.0 Å². The third-order valence-corrected chi connectivity index (χ3v) is 9.15. The molecule has 0 saturated carbocycles. The Hall–Kier alpha value is -3.12. The number of halogens is 1. The van der Waals surface area contributed by atoms with E-state index in [9.17, 15) is 22.8 Å². The van der Waals surface area contributed by atoms with Crippen LogP contribution < -0.4 is 10.2 Å². The van der Waals surface area contributed by atoms with Crippen LogP contribution >= 0.6 is 22.9 Å². The molecule has 0 atom stereocenters. The highest BCUT2D eigenvalue weighted by Crippen LogP contribution is 2.28. The predicted molar refractivity (Wildman–Crippen MR) is 143 cm³/mol. The lowest BCUT2D eigenvalue weighted by atomic mass is 9.97. The van der Waals surface area contributed by atoms with Crippen molar-refractivity contribution in [2.45, 2.75) is 17.1 Å². The topological polar surface area (TPSA) is 117 Å². The average molecular weight is 561 g/mol. The molecule has 37 heavy (non-hydrogen) atoms. The van der Waals surface area contributed by atoms with Crippen molar-refractivity contribution >= 4 is 61.9 Å². The second-order valence-electron chi connectivity index (χ2n) is 8.87. The summed E-state index contributed by atoms with van der Waals surface area (Å²) in [6.45, 7) is 1.57. The quantitative estimate of drug-likeness (QED) is 0.376.